The number of hydrogen-bond donors (Lipinski definition) is 3. The van der Waals surface area contributed by atoms with Crippen LogP contribution in [-0.4, -0.2) is 23.6 Å². The van der Waals surface area contributed by atoms with Crippen molar-refractivity contribution in [1.29, 1.82) is 0 Å². The fourth-order valence-electron chi connectivity index (χ4n) is 1.64. The first kappa shape index (κ1) is 12.9. The normalized spacial score (nSPS) is 17.9. The summed E-state index contributed by atoms with van der Waals surface area (Å²) in [5.41, 5.74) is 6.95. The van der Waals surface area contributed by atoms with Gasteiger partial charge in [0, 0.05) is 11.4 Å². The number of nitrogens with two attached hydrogens (primary N) is 1. The van der Waals surface area contributed by atoms with Crippen LogP contribution in [0.25, 0.3) is 0 Å². The van der Waals surface area contributed by atoms with Gasteiger partial charge in [0.1, 0.15) is 0 Å². The van der Waals surface area contributed by atoms with Gasteiger partial charge in [0.25, 0.3) is 0 Å². The summed E-state index contributed by atoms with van der Waals surface area (Å²) in [6.45, 7) is 2.27. The van der Waals surface area contributed by atoms with Gasteiger partial charge in [-0.05, 0) is 24.6 Å². The van der Waals surface area contributed by atoms with Gasteiger partial charge >= 0.3 is 0 Å². The summed E-state index contributed by atoms with van der Waals surface area (Å²) >= 11 is 1.54. The molecular weight excluding hydrogens is 250 g/mol. The number of carbonyl (C=O) groups is 2. The van der Waals surface area contributed by atoms with Crippen LogP contribution >= 0.6 is 11.8 Å². The molecule has 4 N–H and O–H groups in total. The fourth-order valence-corrected chi connectivity index (χ4v) is 2.57. The molecule has 2 rings (SSSR count). The first-order valence-electron chi connectivity index (χ1n) is 5.67. The number of hydrogen-bond acceptors (Lipinski definition) is 4. The van der Waals surface area contributed by atoms with E-state index >= 15 is 0 Å². The van der Waals surface area contributed by atoms with Gasteiger partial charge in [-0.2, -0.15) is 0 Å². The fraction of sp³-hybridized carbons (Fsp3) is 0.333. The molecule has 0 saturated carbocycles. The second-order valence-electron chi connectivity index (χ2n) is 4.06. The minimum Gasteiger partial charge on any atom is -0.351 e. The monoisotopic (exact) mass is 265 g/mol. The van der Waals surface area contributed by atoms with Gasteiger partial charge in [0.05, 0.1) is 17.5 Å². The number of carbonyl (C=O) groups excluding carboxylic acids is 2. The van der Waals surface area contributed by atoms with E-state index < -0.39 is 0 Å². The van der Waals surface area contributed by atoms with Gasteiger partial charge < -0.3 is 16.4 Å². The molecule has 1 aromatic rings. The van der Waals surface area contributed by atoms with Crippen LogP contribution in [0.2, 0.25) is 0 Å². The maximum atomic E-state index is 11.6. The minimum absolute atomic E-state index is 0.00986. The average Bonchev–Trinajstić information content (AvgIpc) is 2.37. The van der Waals surface area contributed by atoms with E-state index in [1.807, 2.05) is 25.1 Å². The molecule has 0 bridgehead atoms. The van der Waals surface area contributed by atoms with Crippen LogP contribution in [0.5, 0.6) is 0 Å². The van der Waals surface area contributed by atoms with Crippen molar-refractivity contribution in [3.8, 4) is 0 Å². The second kappa shape index (κ2) is 5.41. The van der Waals surface area contributed by atoms with Crippen molar-refractivity contribution in [2.45, 2.75) is 23.6 Å². The highest BCUT2D eigenvalue weighted by molar-refractivity contribution is 8.00. The lowest BCUT2D eigenvalue weighted by molar-refractivity contribution is -0.120. The number of anilines is 1. The summed E-state index contributed by atoms with van der Waals surface area (Å²) in [6, 6.07) is 5.77. The van der Waals surface area contributed by atoms with Crippen molar-refractivity contribution in [3.63, 3.8) is 0 Å². The second-order valence-corrected chi connectivity index (χ2v) is 5.44. The summed E-state index contributed by atoms with van der Waals surface area (Å²) in [5.74, 6) is -0.185. The van der Waals surface area contributed by atoms with E-state index in [1.54, 1.807) is 0 Å². The molecule has 1 aliphatic rings. The average molecular weight is 265 g/mol. The van der Waals surface area contributed by atoms with E-state index in [0.717, 1.165) is 16.1 Å². The zero-order chi connectivity index (χ0) is 13.1. The SMILES string of the molecule is CC1Sc2ccc(CNC(=O)CN)cc2NC1=O. The Hall–Kier alpha value is -1.53. The Kier molecular flexibility index (Phi) is 3.88. The third-order valence-electron chi connectivity index (χ3n) is 2.65. The molecule has 1 heterocycles. The molecular formula is C12H15N3O2S. The van der Waals surface area contributed by atoms with E-state index in [4.69, 9.17) is 5.73 Å². The van der Waals surface area contributed by atoms with Gasteiger partial charge in [-0.3, -0.25) is 9.59 Å². The molecule has 0 spiro atoms. The Bertz CT molecular complexity index is 490. The molecule has 0 aromatic heterocycles. The van der Waals surface area contributed by atoms with Crippen molar-refractivity contribution < 1.29 is 9.59 Å². The summed E-state index contributed by atoms with van der Waals surface area (Å²) in [4.78, 5) is 23.7. The number of thioether (sulfide) groups is 1. The molecule has 0 aliphatic carbocycles. The third-order valence-corrected chi connectivity index (χ3v) is 3.83. The molecule has 5 nitrogen and oxygen atoms in total. The van der Waals surface area contributed by atoms with Crippen LogP contribution in [0.4, 0.5) is 5.69 Å². The molecule has 18 heavy (non-hydrogen) atoms. The summed E-state index contributed by atoms with van der Waals surface area (Å²) < 4.78 is 0. The van der Waals surface area contributed by atoms with Crippen LogP contribution < -0.4 is 16.4 Å². The molecule has 1 atom stereocenters. The highest BCUT2D eigenvalue weighted by Gasteiger charge is 2.22. The summed E-state index contributed by atoms with van der Waals surface area (Å²) in [7, 11) is 0. The van der Waals surface area contributed by atoms with Crippen molar-refractivity contribution in [1.82, 2.24) is 5.32 Å². The summed E-state index contributed by atoms with van der Waals surface area (Å²) in [5, 5.41) is 5.48. The van der Waals surface area contributed by atoms with E-state index in [-0.39, 0.29) is 23.6 Å². The maximum absolute atomic E-state index is 11.6. The van der Waals surface area contributed by atoms with E-state index in [9.17, 15) is 9.59 Å². The predicted molar refractivity (Wildman–Crippen MR) is 71.3 cm³/mol. The van der Waals surface area contributed by atoms with E-state index in [2.05, 4.69) is 10.6 Å². The van der Waals surface area contributed by atoms with Crippen molar-refractivity contribution in [2.24, 2.45) is 5.73 Å². The predicted octanol–water partition coefficient (Wildman–Crippen LogP) is 0.694. The highest BCUT2D eigenvalue weighted by Crippen LogP contribution is 2.35. The Morgan fingerprint density at radius 2 is 2.33 bits per heavy atom. The smallest absolute Gasteiger partial charge is 0.237 e. The highest BCUT2D eigenvalue weighted by atomic mass is 32.2. The zero-order valence-corrected chi connectivity index (χ0v) is 10.8. The van der Waals surface area contributed by atoms with E-state index in [1.165, 1.54) is 11.8 Å². The van der Waals surface area contributed by atoms with Crippen molar-refractivity contribution in [3.05, 3.63) is 23.8 Å². The van der Waals surface area contributed by atoms with Gasteiger partial charge in [-0.15, -0.1) is 11.8 Å². The molecule has 2 amide bonds. The van der Waals surface area contributed by atoms with Gasteiger partial charge in [0.15, 0.2) is 0 Å². The van der Waals surface area contributed by atoms with Crippen LogP contribution in [0.1, 0.15) is 12.5 Å². The Morgan fingerprint density at radius 1 is 1.56 bits per heavy atom. The Balaban J connectivity index is 2.10. The van der Waals surface area contributed by atoms with E-state index in [0.29, 0.717) is 6.54 Å². The molecule has 0 saturated heterocycles. The van der Waals surface area contributed by atoms with Crippen LogP contribution in [0.15, 0.2) is 23.1 Å². The Morgan fingerprint density at radius 3 is 3.06 bits per heavy atom. The maximum Gasteiger partial charge on any atom is 0.237 e. The first-order valence-corrected chi connectivity index (χ1v) is 6.55. The quantitative estimate of drug-likeness (QED) is 0.751. The van der Waals surface area contributed by atoms with Gasteiger partial charge in [-0.25, -0.2) is 0 Å². The molecule has 1 aliphatic heterocycles. The molecule has 96 valence electrons. The molecule has 6 heteroatoms. The standard InChI is InChI=1S/C12H15N3O2S/c1-7-12(17)15-9-4-8(2-3-10(9)18-7)6-14-11(16)5-13/h2-4,7H,5-6,13H2,1H3,(H,14,16)(H,15,17). The molecule has 0 radical (unpaired) electrons. The topological polar surface area (TPSA) is 84.2 Å². The molecule has 1 unspecified atom stereocenters. The summed E-state index contributed by atoms with van der Waals surface area (Å²) in [6.07, 6.45) is 0. The number of nitrogens with one attached hydrogen (secondary N) is 2. The lowest BCUT2D eigenvalue weighted by Crippen LogP contribution is -2.30. The number of amides is 2. The van der Waals surface area contributed by atoms with Crippen molar-refractivity contribution in [2.75, 3.05) is 11.9 Å². The first-order chi connectivity index (χ1) is 8.60. The van der Waals surface area contributed by atoms with Crippen LogP contribution in [-0.2, 0) is 16.1 Å². The van der Waals surface area contributed by atoms with Crippen LogP contribution in [0.3, 0.4) is 0 Å². The third kappa shape index (κ3) is 2.83. The largest absolute Gasteiger partial charge is 0.351 e. The zero-order valence-electron chi connectivity index (χ0n) is 10.0. The number of benzene rings is 1. The van der Waals surface area contributed by atoms with Crippen molar-refractivity contribution >= 4 is 29.3 Å². The number of rotatable bonds is 3. The molecule has 1 aromatic carbocycles. The van der Waals surface area contributed by atoms with Gasteiger partial charge in [0.2, 0.25) is 11.8 Å². The minimum atomic E-state index is -0.195. The Labute approximate surface area is 110 Å². The van der Waals surface area contributed by atoms with Crippen LogP contribution in [0, 0.1) is 0 Å². The molecule has 0 fully saturated rings. The number of fused-ring (bicyclic) bond motifs is 1. The lowest BCUT2D eigenvalue weighted by atomic mass is 10.2. The lowest BCUT2D eigenvalue weighted by Gasteiger charge is -2.21. The van der Waals surface area contributed by atoms with Gasteiger partial charge in [-0.1, -0.05) is 6.07 Å².